The van der Waals surface area contributed by atoms with E-state index in [-0.39, 0.29) is 24.1 Å². The topological polar surface area (TPSA) is 112 Å². The highest BCUT2D eigenvalue weighted by molar-refractivity contribution is 6.01. The number of hydrogen-bond acceptors (Lipinski definition) is 3. The van der Waals surface area contributed by atoms with Crippen LogP contribution in [0, 0.1) is 6.92 Å². The van der Waals surface area contributed by atoms with Crippen molar-refractivity contribution in [3.8, 4) is 5.69 Å². The number of halogens is 1. The third kappa shape index (κ3) is 3.29. The van der Waals surface area contributed by atoms with Crippen molar-refractivity contribution in [2.24, 2.45) is 16.5 Å². The molecular formula is C15H15ClN6O. The van der Waals surface area contributed by atoms with Crippen molar-refractivity contribution in [3.63, 3.8) is 0 Å². The van der Waals surface area contributed by atoms with Crippen LogP contribution in [0.15, 0.2) is 47.5 Å². The lowest BCUT2D eigenvalue weighted by atomic mass is 10.1. The number of aliphatic imine (C=N–C) groups is 1. The van der Waals surface area contributed by atoms with Gasteiger partial charge in [0.15, 0.2) is 11.7 Å². The zero-order chi connectivity index (χ0) is 15.7. The first-order valence-corrected chi connectivity index (χ1v) is 6.61. The number of amides is 1. The highest BCUT2D eigenvalue weighted by Gasteiger charge is 2.16. The SMILES string of the molecule is Cc1nn(-c2ccc3ccccc3c2)nc1C(=O)N=C(N)N.Cl. The summed E-state index contributed by atoms with van der Waals surface area (Å²) in [5, 5.41) is 10.6. The number of nitrogens with two attached hydrogens (primary N) is 2. The summed E-state index contributed by atoms with van der Waals surface area (Å²) in [7, 11) is 0. The van der Waals surface area contributed by atoms with Crippen LogP contribution in [-0.4, -0.2) is 26.9 Å². The second-order valence-corrected chi connectivity index (χ2v) is 4.80. The van der Waals surface area contributed by atoms with E-state index in [1.54, 1.807) is 6.92 Å². The van der Waals surface area contributed by atoms with Gasteiger partial charge in [-0.05, 0) is 29.8 Å². The van der Waals surface area contributed by atoms with Gasteiger partial charge < -0.3 is 11.5 Å². The molecule has 0 spiro atoms. The molecule has 1 heterocycles. The molecule has 0 radical (unpaired) electrons. The molecule has 0 saturated heterocycles. The number of benzene rings is 2. The fraction of sp³-hybridized carbons (Fsp3) is 0.0667. The van der Waals surface area contributed by atoms with Gasteiger partial charge in [0, 0.05) is 0 Å². The summed E-state index contributed by atoms with van der Waals surface area (Å²) < 4.78 is 0. The molecule has 0 aliphatic carbocycles. The predicted molar refractivity (Wildman–Crippen MR) is 91.0 cm³/mol. The van der Waals surface area contributed by atoms with Gasteiger partial charge in [-0.3, -0.25) is 4.79 Å². The fourth-order valence-electron chi connectivity index (χ4n) is 2.16. The van der Waals surface area contributed by atoms with Crippen LogP contribution in [0.1, 0.15) is 16.2 Å². The smallest absolute Gasteiger partial charge is 0.302 e. The average Bonchev–Trinajstić information content (AvgIpc) is 2.88. The zero-order valence-electron chi connectivity index (χ0n) is 12.3. The number of hydrogen-bond donors (Lipinski definition) is 2. The third-order valence-corrected chi connectivity index (χ3v) is 3.18. The number of aromatic nitrogens is 3. The Bertz CT molecular complexity index is 898. The predicted octanol–water partition coefficient (Wildman–Crippen LogP) is 1.56. The molecule has 0 atom stereocenters. The van der Waals surface area contributed by atoms with Gasteiger partial charge >= 0.3 is 5.91 Å². The van der Waals surface area contributed by atoms with E-state index >= 15 is 0 Å². The fourth-order valence-corrected chi connectivity index (χ4v) is 2.16. The first-order chi connectivity index (χ1) is 10.5. The highest BCUT2D eigenvalue weighted by atomic mass is 35.5. The number of aryl methyl sites for hydroxylation is 1. The van der Waals surface area contributed by atoms with Gasteiger partial charge in [-0.2, -0.15) is 14.9 Å². The lowest BCUT2D eigenvalue weighted by Gasteiger charge is -2.02. The Morgan fingerprint density at radius 3 is 2.48 bits per heavy atom. The van der Waals surface area contributed by atoms with Crippen LogP contribution in [0.5, 0.6) is 0 Å². The first-order valence-electron chi connectivity index (χ1n) is 6.61. The second-order valence-electron chi connectivity index (χ2n) is 4.80. The van der Waals surface area contributed by atoms with E-state index in [0.29, 0.717) is 5.69 Å². The summed E-state index contributed by atoms with van der Waals surface area (Å²) in [5.41, 5.74) is 11.8. The van der Waals surface area contributed by atoms with E-state index in [1.807, 2.05) is 42.5 Å². The van der Waals surface area contributed by atoms with Crippen molar-refractivity contribution in [1.82, 2.24) is 15.0 Å². The summed E-state index contributed by atoms with van der Waals surface area (Å²) >= 11 is 0. The summed E-state index contributed by atoms with van der Waals surface area (Å²) in [6.45, 7) is 1.68. The Balaban J connectivity index is 0.00000192. The van der Waals surface area contributed by atoms with Crippen LogP contribution in [-0.2, 0) is 0 Å². The Kier molecular flexibility index (Phi) is 4.61. The van der Waals surface area contributed by atoms with Gasteiger partial charge in [-0.1, -0.05) is 30.3 Å². The van der Waals surface area contributed by atoms with Gasteiger partial charge in [-0.25, -0.2) is 0 Å². The summed E-state index contributed by atoms with van der Waals surface area (Å²) in [4.78, 5) is 16.8. The maximum absolute atomic E-state index is 11.9. The summed E-state index contributed by atoms with van der Waals surface area (Å²) in [6.07, 6.45) is 0. The van der Waals surface area contributed by atoms with Crippen LogP contribution in [0.3, 0.4) is 0 Å². The van der Waals surface area contributed by atoms with E-state index in [4.69, 9.17) is 11.5 Å². The average molecular weight is 331 g/mol. The Labute approximate surface area is 138 Å². The summed E-state index contributed by atoms with van der Waals surface area (Å²) in [6, 6.07) is 13.8. The van der Waals surface area contributed by atoms with Crippen molar-refractivity contribution >= 4 is 35.0 Å². The number of rotatable bonds is 2. The minimum atomic E-state index is -0.607. The Morgan fingerprint density at radius 1 is 1.09 bits per heavy atom. The van der Waals surface area contributed by atoms with Crippen molar-refractivity contribution in [1.29, 1.82) is 0 Å². The van der Waals surface area contributed by atoms with E-state index < -0.39 is 5.91 Å². The van der Waals surface area contributed by atoms with Gasteiger partial charge in [0.2, 0.25) is 0 Å². The van der Waals surface area contributed by atoms with Gasteiger partial charge in [0.25, 0.3) is 0 Å². The molecule has 7 nitrogen and oxygen atoms in total. The Hall–Kier alpha value is -2.93. The highest BCUT2D eigenvalue weighted by Crippen LogP contribution is 2.18. The molecule has 8 heteroatoms. The molecule has 3 rings (SSSR count). The summed E-state index contributed by atoms with van der Waals surface area (Å²) in [5.74, 6) is -0.908. The molecule has 0 fully saturated rings. The number of nitrogens with zero attached hydrogens (tertiary/aromatic N) is 4. The van der Waals surface area contributed by atoms with E-state index in [1.165, 1.54) is 4.80 Å². The van der Waals surface area contributed by atoms with Gasteiger partial charge in [-0.15, -0.1) is 17.5 Å². The van der Waals surface area contributed by atoms with Crippen LogP contribution in [0.4, 0.5) is 0 Å². The normalized spacial score (nSPS) is 10.1. The van der Waals surface area contributed by atoms with E-state index in [0.717, 1.165) is 16.5 Å². The standard InChI is InChI=1S/C15H14N6O.ClH/c1-9-13(14(22)18-15(16)17)20-21(19-9)12-7-6-10-4-2-3-5-11(10)8-12;/h2-8H,1H3,(H4,16,17,18,22);1H. The largest absolute Gasteiger partial charge is 0.370 e. The molecule has 118 valence electrons. The number of carbonyl (C=O) groups is 1. The molecule has 0 aliphatic heterocycles. The molecule has 2 aromatic carbocycles. The molecule has 23 heavy (non-hydrogen) atoms. The Morgan fingerprint density at radius 2 is 1.78 bits per heavy atom. The molecule has 1 amide bonds. The van der Waals surface area contributed by atoms with Gasteiger partial charge in [0.05, 0.1) is 11.4 Å². The molecule has 1 aromatic heterocycles. The number of carbonyl (C=O) groups excluding carboxylic acids is 1. The molecule has 4 N–H and O–H groups in total. The quantitative estimate of drug-likeness (QED) is 0.547. The van der Waals surface area contributed by atoms with Crippen LogP contribution in [0.2, 0.25) is 0 Å². The molecular weight excluding hydrogens is 316 g/mol. The third-order valence-electron chi connectivity index (χ3n) is 3.18. The van der Waals surface area contributed by atoms with E-state index in [2.05, 4.69) is 15.2 Å². The van der Waals surface area contributed by atoms with Crippen molar-refractivity contribution in [2.75, 3.05) is 0 Å². The molecule has 0 bridgehead atoms. The lowest BCUT2D eigenvalue weighted by molar-refractivity contribution is 0.0997. The minimum absolute atomic E-state index is 0. The molecule has 0 aliphatic rings. The van der Waals surface area contributed by atoms with Crippen molar-refractivity contribution < 1.29 is 4.79 Å². The van der Waals surface area contributed by atoms with Gasteiger partial charge in [0.1, 0.15) is 0 Å². The molecule has 0 unspecified atom stereocenters. The van der Waals surface area contributed by atoms with Crippen LogP contribution in [0.25, 0.3) is 16.5 Å². The van der Waals surface area contributed by atoms with Crippen LogP contribution < -0.4 is 11.5 Å². The van der Waals surface area contributed by atoms with E-state index in [9.17, 15) is 4.79 Å². The van der Waals surface area contributed by atoms with Crippen LogP contribution >= 0.6 is 12.4 Å². The first kappa shape index (κ1) is 16.4. The molecule has 0 saturated carbocycles. The maximum atomic E-state index is 11.9. The lowest BCUT2D eigenvalue weighted by Crippen LogP contribution is -2.24. The van der Waals surface area contributed by atoms with Crippen molar-refractivity contribution in [2.45, 2.75) is 6.92 Å². The monoisotopic (exact) mass is 330 g/mol. The maximum Gasteiger partial charge on any atom is 0.302 e. The zero-order valence-corrected chi connectivity index (χ0v) is 13.1. The molecule has 3 aromatic rings. The number of fused-ring (bicyclic) bond motifs is 1. The second kappa shape index (κ2) is 6.45. The minimum Gasteiger partial charge on any atom is -0.370 e. The number of guanidine groups is 1. The van der Waals surface area contributed by atoms with Crippen molar-refractivity contribution in [3.05, 3.63) is 53.9 Å².